The first-order chi connectivity index (χ1) is 4.93. The fourth-order valence-corrected chi connectivity index (χ4v) is 0.673. The van der Waals surface area contributed by atoms with Crippen molar-refractivity contribution in [3.8, 4) is 0 Å². The average molecular weight is 136 g/mol. The molecule has 3 heteroatoms. The molecule has 3 nitrogen and oxygen atoms in total. The van der Waals surface area contributed by atoms with E-state index in [4.69, 9.17) is 0 Å². The lowest BCUT2D eigenvalue weighted by Gasteiger charge is -1.91. The van der Waals surface area contributed by atoms with Gasteiger partial charge in [0.2, 0.25) is 0 Å². The van der Waals surface area contributed by atoms with E-state index in [2.05, 4.69) is 9.97 Å². The molecule has 52 valence electrons. The Balaban J connectivity index is 2.50. The number of carbonyl (C=O) groups excluding carboxylic acids is 1. The zero-order valence-electron chi connectivity index (χ0n) is 5.53. The number of nitrogens with zero attached hydrogens (tertiary/aromatic N) is 2. The van der Waals surface area contributed by atoms with Gasteiger partial charge in [0.25, 0.3) is 0 Å². The van der Waals surface area contributed by atoms with E-state index in [1.165, 1.54) is 6.33 Å². The quantitative estimate of drug-likeness (QED) is 0.572. The van der Waals surface area contributed by atoms with Gasteiger partial charge in [-0.3, -0.25) is 0 Å². The number of aromatic nitrogens is 2. The molecule has 0 spiro atoms. The number of hydrogen-bond donors (Lipinski definition) is 0. The van der Waals surface area contributed by atoms with Crippen LogP contribution in [-0.4, -0.2) is 16.3 Å². The van der Waals surface area contributed by atoms with Crippen molar-refractivity contribution in [1.82, 2.24) is 9.97 Å². The van der Waals surface area contributed by atoms with E-state index in [9.17, 15) is 4.79 Å². The van der Waals surface area contributed by atoms with E-state index in [-0.39, 0.29) is 0 Å². The molecule has 0 N–H and O–H groups in total. The van der Waals surface area contributed by atoms with Gasteiger partial charge in [-0.25, -0.2) is 9.97 Å². The summed E-state index contributed by atoms with van der Waals surface area (Å²) in [6.45, 7) is 0. The van der Waals surface area contributed by atoms with Gasteiger partial charge in [-0.1, -0.05) is 0 Å². The maximum atomic E-state index is 9.93. The second kappa shape index (κ2) is 3.71. The standard InChI is InChI=1S/C7H8N2O/c10-5-1-2-7-3-4-8-6-9-7/h3-6H,1-2H2. The predicted octanol–water partition coefficient (Wildman–Crippen LogP) is 0.608. The van der Waals surface area contributed by atoms with E-state index in [1.54, 1.807) is 6.20 Å². The largest absolute Gasteiger partial charge is 0.303 e. The van der Waals surface area contributed by atoms with E-state index in [1.807, 2.05) is 6.07 Å². The van der Waals surface area contributed by atoms with Crippen LogP contribution in [-0.2, 0) is 11.2 Å². The lowest BCUT2D eigenvalue weighted by Crippen LogP contribution is -1.89. The molecule has 0 aliphatic heterocycles. The van der Waals surface area contributed by atoms with Crippen LogP contribution in [0.5, 0.6) is 0 Å². The molecule has 0 saturated heterocycles. The highest BCUT2D eigenvalue weighted by Crippen LogP contribution is 1.93. The molecule has 1 rings (SSSR count). The number of aldehydes is 1. The summed E-state index contributed by atoms with van der Waals surface area (Å²) in [4.78, 5) is 17.6. The van der Waals surface area contributed by atoms with Gasteiger partial charge in [0, 0.05) is 18.3 Å². The summed E-state index contributed by atoms with van der Waals surface area (Å²) in [7, 11) is 0. The van der Waals surface area contributed by atoms with Crippen LogP contribution in [0.15, 0.2) is 18.6 Å². The molecule has 0 aliphatic rings. The van der Waals surface area contributed by atoms with E-state index >= 15 is 0 Å². The molecule has 1 heterocycles. The van der Waals surface area contributed by atoms with Gasteiger partial charge in [0.1, 0.15) is 12.6 Å². The van der Waals surface area contributed by atoms with Gasteiger partial charge in [-0.2, -0.15) is 0 Å². The van der Waals surface area contributed by atoms with Crippen LogP contribution in [0.3, 0.4) is 0 Å². The molecule has 0 aliphatic carbocycles. The summed E-state index contributed by atoms with van der Waals surface area (Å²) in [6.07, 6.45) is 5.30. The smallest absolute Gasteiger partial charge is 0.120 e. The molecule has 0 saturated carbocycles. The third-order valence-corrected chi connectivity index (χ3v) is 1.16. The molecular weight excluding hydrogens is 128 g/mol. The monoisotopic (exact) mass is 136 g/mol. The zero-order valence-corrected chi connectivity index (χ0v) is 5.53. The minimum Gasteiger partial charge on any atom is -0.303 e. The van der Waals surface area contributed by atoms with Crippen LogP contribution in [0, 0.1) is 0 Å². The minimum absolute atomic E-state index is 0.539. The van der Waals surface area contributed by atoms with Crippen molar-refractivity contribution in [2.45, 2.75) is 12.8 Å². The SMILES string of the molecule is O=CCCc1ccncn1. The van der Waals surface area contributed by atoms with Gasteiger partial charge in [-0.15, -0.1) is 0 Å². The Labute approximate surface area is 59.1 Å². The summed E-state index contributed by atoms with van der Waals surface area (Å²) in [5.41, 5.74) is 0.919. The van der Waals surface area contributed by atoms with Crippen molar-refractivity contribution in [3.63, 3.8) is 0 Å². The molecule has 0 unspecified atom stereocenters. The van der Waals surface area contributed by atoms with Gasteiger partial charge in [0.05, 0.1) is 0 Å². The molecule has 0 bridgehead atoms. The van der Waals surface area contributed by atoms with Gasteiger partial charge >= 0.3 is 0 Å². The van der Waals surface area contributed by atoms with Crippen LogP contribution in [0.1, 0.15) is 12.1 Å². The van der Waals surface area contributed by atoms with Crippen molar-refractivity contribution >= 4 is 6.29 Å². The molecule has 0 fully saturated rings. The van der Waals surface area contributed by atoms with Crippen molar-refractivity contribution in [2.24, 2.45) is 0 Å². The fraction of sp³-hybridized carbons (Fsp3) is 0.286. The molecule has 1 aromatic heterocycles. The fourth-order valence-electron chi connectivity index (χ4n) is 0.673. The number of carbonyl (C=O) groups is 1. The Hall–Kier alpha value is -1.25. The topological polar surface area (TPSA) is 42.9 Å². The first kappa shape index (κ1) is 6.86. The molecule has 0 amide bonds. The molecular formula is C7H8N2O. The second-order valence-electron chi connectivity index (χ2n) is 1.91. The third-order valence-electron chi connectivity index (χ3n) is 1.16. The van der Waals surface area contributed by atoms with Crippen LogP contribution in [0.4, 0.5) is 0 Å². The summed E-state index contributed by atoms with van der Waals surface area (Å²) in [5, 5.41) is 0. The zero-order chi connectivity index (χ0) is 7.23. The summed E-state index contributed by atoms with van der Waals surface area (Å²) in [5.74, 6) is 0. The molecule has 10 heavy (non-hydrogen) atoms. The molecule has 0 radical (unpaired) electrons. The number of aryl methyl sites for hydroxylation is 1. The lowest BCUT2D eigenvalue weighted by molar-refractivity contribution is -0.107. The third kappa shape index (κ3) is 1.93. The number of rotatable bonds is 3. The first-order valence-electron chi connectivity index (χ1n) is 3.12. The van der Waals surface area contributed by atoms with Crippen LogP contribution in [0.2, 0.25) is 0 Å². The molecule has 1 aromatic rings. The Bertz CT molecular complexity index is 198. The van der Waals surface area contributed by atoms with Crippen molar-refractivity contribution in [2.75, 3.05) is 0 Å². The first-order valence-corrected chi connectivity index (χ1v) is 3.12. The average Bonchev–Trinajstić information content (AvgIpc) is 2.03. The Morgan fingerprint density at radius 3 is 3.10 bits per heavy atom. The highest BCUT2D eigenvalue weighted by Gasteiger charge is 1.89. The minimum atomic E-state index is 0.539. The van der Waals surface area contributed by atoms with E-state index in [0.717, 1.165) is 12.0 Å². The summed E-state index contributed by atoms with van der Waals surface area (Å²) < 4.78 is 0. The highest BCUT2D eigenvalue weighted by molar-refractivity contribution is 5.49. The van der Waals surface area contributed by atoms with Crippen LogP contribution in [0.25, 0.3) is 0 Å². The van der Waals surface area contributed by atoms with E-state index < -0.39 is 0 Å². The number of hydrogen-bond acceptors (Lipinski definition) is 3. The van der Waals surface area contributed by atoms with Crippen LogP contribution >= 0.6 is 0 Å². The van der Waals surface area contributed by atoms with Crippen molar-refractivity contribution < 1.29 is 4.79 Å². The second-order valence-corrected chi connectivity index (χ2v) is 1.91. The van der Waals surface area contributed by atoms with Crippen molar-refractivity contribution in [3.05, 3.63) is 24.3 Å². The maximum absolute atomic E-state index is 9.93. The molecule has 0 atom stereocenters. The normalized spacial score (nSPS) is 9.20. The van der Waals surface area contributed by atoms with E-state index in [0.29, 0.717) is 12.8 Å². The maximum Gasteiger partial charge on any atom is 0.120 e. The predicted molar refractivity (Wildman–Crippen MR) is 36.4 cm³/mol. The van der Waals surface area contributed by atoms with Gasteiger partial charge in [-0.05, 0) is 12.5 Å². The highest BCUT2D eigenvalue weighted by atomic mass is 16.1. The summed E-state index contributed by atoms with van der Waals surface area (Å²) in [6, 6.07) is 1.81. The van der Waals surface area contributed by atoms with Gasteiger partial charge < -0.3 is 4.79 Å². The lowest BCUT2D eigenvalue weighted by atomic mass is 10.2. The summed E-state index contributed by atoms with van der Waals surface area (Å²) >= 11 is 0. The Morgan fingerprint density at radius 2 is 2.50 bits per heavy atom. The Morgan fingerprint density at radius 1 is 1.60 bits per heavy atom. The molecule has 0 aromatic carbocycles. The van der Waals surface area contributed by atoms with Crippen LogP contribution < -0.4 is 0 Å². The Kier molecular flexibility index (Phi) is 2.55. The van der Waals surface area contributed by atoms with Crippen molar-refractivity contribution in [1.29, 1.82) is 0 Å². The van der Waals surface area contributed by atoms with Gasteiger partial charge in [0.15, 0.2) is 0 Å².